The van der Waals surface area contributed by atoms with Crippen molar-refractivity contribution < 1.29 is 27.3 Å². The highest BCUT2D eigenvalue weighted by atomic mass is 19.4. The lowest BCUT2D eigenvalue weighted by atomic mass is 10.0. The minimum absolute atomic E-state index is 0.00513. The van der Waals surface area contributed by atoms with Gasteiger partial charge in [-0.05, 0) is 49.3 Å². The molecule has 1 aromatic heterocycles. The lowest BCUT2D eigenvalue weighted by Crippen LogP contribution is -2.36. The molecule has 0 bridgehead atoms. The van der Waals surface area contributed by atoms with Gasteiger partial charge >= 0.3 is 6.18 Å². The molecule has 12 heteroatoms. The van der Waals surface area contributed by atoms with Crippen molar-refractivity contribution in [3.05, 3.63) is 46.6 Å². The summed E-state index contributed by atoms with van der Waals surface area (Å²) in [6.07, 6.45) is -0.504. The van der Waals surface area contributed by atoms with E-state index in [1.54, 1.807) is 0 Å². The van der Waals surface area contributed by atoms with E-state index in [0.29, 0.717) is 23.8 Å². The van der Waals surface area contributed by atoms with Crippen molar-refractivity contribution in [1.82, 2.24) is 19.9 Å². The summed E-state index contributed by atoms with van der Waals surface area (Å²) in [5, 5.41) is 3.83. The second-order valence-electron chi connectivity index (χ2n) is 9.84. The number of hydrogen-bond acceptors (Lipinski definition) is 6. The van der Waals surface area contributed by atoms with Crippen LogP contribution in [0.2, 0.25) is 0 Å². The van der Waals surface area contributed by atoms with E-state index in [4.69, 9.17) is 10.3 Å². The Morgan fingerprint density at radius 3 is 2.49 bits per heavy atom. The molecular formula is C25H33F3N6O3. The third-order valence-corrected chi connectivity index (χ3v) is 6.12. The lowest BCUT2D eigenvalue weighted by Gasteiger charge is -2.23. The zero-order chi connectivity index (χ0) is 27.3. The fourth-order valence-corrected chi connectivity index (χ4v) is 3.89. The van der Waals surface area contributed by atoms with E-state index >= 15 is 0 Å². The summed E-state index contributed by atoms with van der Waals surface area (Å²) in [5.74, 6) is 0.130. The molecule has 1 aliphatic rings. The first kappa shape index (κ1) is 28.1. The van der Waals surface area contributed by atoms with Gasteiger partial charge in [-0.25, -0.2) is 0 Å². The van der Waals surface area contributed by atoms with Gasteiger partial charge < -0.3 is 20.1 Å². The Morgan fingerprint density at radius 1 is 1.19 bits per heavy atom. The van der Waals surface area contributed by atoms with Crippen LogP contribution in [-0.4, -0.2) is 58.2 Å². The summed E-state index contributed by atoms with van der Waals surface area (Å²) in [5.41, 5.74) is 4.21. The predicted molar refractivity (Wildman–Crippen MR) is 131 cm³/mol. The molecule has 0 saturated heterocycles. The SMILES string of the molecule is CC(C)CCC(N=CN)C(=O)N(C)Cc1ccc(C(F)(F)F)c(C(=O)N(C)Cc2noc(C3CC3)n2)c1. The van der Waals surface area contributed by atoms with E-state index in [1.807, 2.05) is 13.8 Å². The first-order valence-electron chi connectivity index (χ1n) is 12.2. The van der Waals surface area contributed by atoms with Gasteiger partial charge in [-0.2, -0.15) is 18.2 Å². The molecule has 1 aliphatic carbocycles. The molecule has 2 amide bonds. The third-order valence-electron chi connectivity index (χ3n) is 6.12. The number of alkyl halides is 3. The van der Waals surface area contributed by atoms with Crippen LogP contribution >= 0.6 is 0 Å². The Labute approximate surface area is 213 Å². The number of benzene rings is 1. The standard InChI is InChI=1S/C25H33F3N6O3/c1-15(2)5-10-20(30-14-29)24(36)33(3)12-16-6-9-19(25(26,27)28)18(11-16)23(35)34(4)13-21-31-22(37-32-21)17-7-8-17/h6,9,11,14-15,17,20H,5,7-8,10,12-13H2,1-4H3,(H2,29,30). The number of nitrogens with zero attached hydrogens (tertiary/aromatic N) is 5. The van der Waals surface area contributed by atoms with Gasteiger partial charge in [-0.1, -0.05) is 25.1 Å². The quantitative estimate of drug-likeness (QED) is 0.352. The average Bonchev–Trinajstić information content (AvgIpc) is 3.58. The lowest BCUT2D eigenvalue weighted by molar-refractivity contribution is -0.138. The average molecular weight is 523 g/mol. The molecule has 1 atom stereocenters. The van der Waals surface area contributed by atoms with Gasteiger partial charge in [0.15, 0.2) is 5.82 Å². The summed E-state index contributed by atoms with van der Waals surface area (Å²) >= 11 is 0. The van der Waals surface area contributed by atoms with E-state index in [-0.39, 0.29) is 30.7 Å². The van der Waals surface area contributed by atoms with Gasteiger partial charge in [0.2, 0.25) is 11.8 Å². The largest absolute Gasteiger partial charge is 0.417 e. The zero-order valence-corrected chi connectivity index (χ0v) is 21.5. The molecule has 1 unspecified atom stereocenters. The van der Waals surface area contributed by atoms with Crippen LogP contribution in [0.4, 0.5) is 13.2 Å². The minimum atomic E-state index is -4.74. The molecule has 37 heavy (non-hydrogen) atoms. The Bertz CT molecular complexity index is 1130. The second kappa shape index (κ2) is 11.7. The van der Waals surface area contributed by atoms with Crippen LogP contribution in [0.5, 0.6) is 0 Å². The molecular weight excluding hydrogens is 489 g/mol. The predicted octanol–water partition coefficient (Wildman–Crippen LogP) is 3.99. The van der Waals surface area contributed by atoms with Crippen LogP contribution in [0.25, 0.3) is 0 Å². The Balaban J connectivity index is 1.78. The Hall–Kier alpha value is -3.44. The Morgan fingerprint density at radius 2 is 1.89 bits per heavy atom. The van der Waals surface area contributed by atoms with E-state index < -0.39 is 29.3 Å². The van der Waals surface area contributed by atoms with Gasteiger partial charge in [0.05, 0.1) is 24.0 Å². The van der Waals surface area contributed by atoms with Crippen LogP contribution in [-0.2, 0) is 24.1 Å². The van der Waals surface area contributed by atoms with Crippen LogP contribution < -0.4 is 5.73 Å². The third kappa shape index (κ3) is 7.53. The number of aromatic nitrogens is 2. The van der Waals surface area contributed by atoms with Crippen molar-refractivity contribution in [2.45, 2.75) is 70.8 Å². The molecule has 2 N–H and O–H groups in total. The van der Waals surface area contributed by atoms with Gasteiger partial charge in [0.25, 0.3) is 5.91 Å². The topological polar surface area (TPSA) is 118 Å². The van der Waals surface area contributed by atoms with Crippen molar-refractivity contribution in [3.63, 3.8) is 0 Å². The zero-order valence-electron chi connectivity index (χ0n) is 21.5. The van der Waals surface area contributed by atoms with Crippen LogP contribution in [0.3, 0.4) is 0 Å². The molecule has 1 aromatic carbocycles. The number of aliphatic imine (C=N–C) groups is 1. The van der Waals surface area contributed by atoms with E-state index in [1.165, 1.54) is 31.1 Å². The van der Waals surface area contributed by atoms with Crippen molar-refractivity contribution in [2.24, 2.45) is 16.6 Å². The summed E-state index contributed by atoms with van der Waals surface area (Å²) in [6, 6.07) is 2.61. The maximum absolute atomic E-state index is 13.8. The summed E-state index contributed by atoms with van der Waals surface area (Å²) in [7, 11) is 2.91. The van der Waals surface area contributed by atoms with Crippen LogP contribution in [0.1, 0.15) is 78.6 Å². The fourth-order valence-electron chi connectivity index (χ4n) is 3.89. The number of hydrogen-bond donors (Lipinski definition) is 1. The summed E-state index contributed by atoms with van der Waals surface area (Å²) in [4.78, 5) is 36.8. The monoisotopic (exact) mass is 522 g/mol. The fraction of sp³-hybridized carbons (Fsp3) is 0.560. The highest BCUT2D eigenvalue weighted by Crippen LogP contribution is 2.39. The molecule has 1 fully saturated rings. The number of nitrogens with two attached hydrogens (primary N) is 1. The first-order valence-corrected chi connectivity index (χ1v) is 12.2. The second-order valence-corrected chi connectivity index (χ2v) is 9.84. The van der Waals surface area contributed by atoms with Crippen molar-refractivity contribution in [2.75, 3.05) is 14.1 Å². The summed E-state index contributed by atoms with van der Waals surface area (Å²) in [6.45, 7) is 3.94. The number of carbonyl (C=O) groups is 2. The maximum Gasteiger partial charge on any atom is 0.417 e. The number of amides is 2. The molecule has 1 saturated carbocycles. The van der Waals surface area contributed by atoms with Crippen molar-refractivity contribution in [3.8, 4) is 0 Å². The van der Waals surface area contributed by atoms with E-state index in [9.17, 15) is 22.8 Å². The Kier molecular flexibility index (Phi) is 8.93. The molecule has 0 aliphatic heterocycles. The molecule has 3 rings (SSSR count). The molecule has 1 heterocycles. The minimum Gasteiger partial charge on any atom is -0.390 e. The van der Waals surface area contributed by atoms with E-state index in [0.717, 1.165) is 36.6 Å². The number of likely N-dealkylation sites (N-methyl/N-ethyl adjacent to an activating group) is 1. The van der Waals surface area contributed by atoms with Crippen LogP contribution in [0, 0.1) is 5.92 Å². The van der Waals surface area contributed by atoms with Gasteiger partial charge in [-0.3, -0.25) is 14.6 Å². The van der Waals surface area contributed by atoms with E-state index in [2.05, 4.69) is 15.1 Å². The van der Waals surface area contributed by atoms with Gasteiger partial charge in [0.1, 0.15) is 6.04 Å². The molecule has 9 nitrogen and oxygen atoms in total. The van der Waals surface area contributed by atoms with Crippen molar-refractivity contribution >= 4 is 18.2 Å². The van der Waals surface area contributed by atoms with Crippen LogP contribution in [0.15, 0.2) is 27.7 Å². The van der Waals surface area contributed by atoms with Crippen molar-refractivity contribution in [1.29, 1.82) is 0 Å². The van der Waals surface area contributed by atoms with Gasteiger partial charge in [0, 0.05) is 26.6 Å². The smallest absolute Gasteiger partial charge is 0.390 e. The highest BCUT2D eigenvalue weighted by molar-refractivity contribution is 5.96. The molecule has 0 spiro atoms. The highest BCUT2D eigenvalue weighted by Gasteiger charge is 2.36. The normalized spacial score (nSPS) is 14.8. The molecule has 0 radical (unpaired) electrons. The number of halogens is 3. The number of carbonyl (C=O) groups excluding carboxylic acids is 2. The summed E-state index contributed by atoms with van der Waals surface area (Å²) < 4.78 is 46.4. The first-order chi connectivity index (χ1) is 17.4. The van der Waals surface area contributed by atoms with Gasteiger partial charge in [-0.15, -0.1) is 0 Å². The maximum atomic E-state index is 13.8. The molecule has 202 valence electrons. The number of rotatable bonds is 11. The molecule has 2 aromatic rings.